The maximum Gasteiger partial charge on any atom is 0.347 e. The Kier molecular flexibility index (Phi) is 14.9. The zero-order valence-electron chi connectivity index (χ0n) is 25.6. The Balaban J connectivity index is 1.69. The van der Waals surface area contributed by atoms with Crippen LogP contribution in [-0.2, 0) is 6.42 Å². The van der Waals surface area contributed by atoms with Crippen molar-refractivity contribution in [3.05, 3.63) is 77.9 Å². The minimum Gasteiger partial charge on any atom is -0.493 e. The summed E-state index contributed by atoms with van der Waals surface area (Å²) in [5.74, 6) is 1.39. The Morgan fingerprint density at radius 1 is 0.610 bits per heavy atom. The Morgan fingerprint density at radius 3 is 1.93 bits per heavy atom. The summed E-state index contributed by atoms with van der Waals surface area (Å²) in [6.45, 7) is 7.77. The highest BCUT2D eigenvalue weighted by molar-refractivity contribution is 5.95. The fraction of sp³-hybridized carbons (Fsp3) is 0.486. The molecule has 3 aromatic rings. The van der Waals surface area contributed by atoms with Gasteiger partial charge in [-0.1, -0.05) is 127 Å². The van der Waals surface area contributed by atoms with Crippen LogP contribution in [0.2, 0.25) is 0 Å². The molecule has 0 aromatic heterocycles. The number of rotatable bonds is 20. The summed E-state index contributed by atoms with van der Waals surface area (Å²) in [4.78, 5) is 13.5. The number of ether oxygens (including phenoxy) is 3. The van der Waals surface area contributed by atoms with Crippen molar-refractivity contribution >= 4 is 5.97 Å². The average molecular weight is 559 g/mol. The highest BCUT2D eigenvalue weighted by atomic mass is 16.5. The topological polar surface area (TPSA) is 44.8 Å². The molecule has 0 bridgehead atoms. The monoisotopic (exact) mass is 558 g/mol. The molecular weight excluding hydrogens is 508 g/mol. The summed E-state index contributed by atoms with van der Waals surface area (Å²) in [5.41, 5.74) is 3.43. The lowest BCUT2D eigenvalue weighted by Crippen LogP contribution is -2.12. The Morgan fingerprint density at radius 2 is 1.24 bits per heavy atom. The number of carbonyl (C=O) groups is 1. The van der Waals surface area contributed by atoms with Gasteiger partial charge in [-0.25, -0.2) is 4.79 Å². The minimum absolute atomic E-state index is 0.417. The first-order valence-electron chi connectivity index (χ1n) is 16.0. The van der Waals surface area contributed by atoms with Gasteiger partial charge in [0, 0.05) is 11.6 Å². The quantitative estimate of drug-likeness (QED) is 0.0786. The maximum atomic E-state index is 13.5. The molecule has 0 unspecified atom stereocenters. The molecule has 0 spiro atoms. The molecule has 0 amide bonds. The van der Waals surface area contributed by atoms with Gasteiger partial charge in [0.05, 0.1) is 13.2 Å². The van der Waals surface area contributed by atoms with Crippen molar-refractivity contribution in [3.63, 3.8) is 0 Å². The van der Waals surface area contributed by atoms with Crippen LogP contribution in [0.5, 0.6) is 17.2 Å². The van der Waals surface area contributed by atoms with Crippen LogP contribution in [0.4, 0.5) is 0 Å². The molecule has 0 aliphatic rings. The van der Waals surface area contributed by atoms with E-state index in [9.17, 15) is 4.79 Å². The van der Waals surface area contributed by atoms with Crippen LogP contribution >= 0.6 is 0 Å². The van der Waals surface area contributed by atoms with Crippen molar-refractivity contribution < 1.29 is 19.0 Å². The number of hydrogen-bond acceptors (Lipinski definition) is 4. The van der Waals surface area contributed by atoms with Crippen LogP contribution in [-0.4, -0.2) is 19.2 Å². The van der Waals surface area contributed by atoms with Crippen molar-refractivity contribution in [1.82, 2.24) is 0 Å². The van der Waals surface area contributed by atoms with E-state index in [1.807, 2.05) is 54.6 Å². The first kappa shape index (κ1) is 32.2. The van der Waals surface area contributed by atoms with E-state index in [-0.39, 0.29) is 0 Å². The molecule has 0 radical (unpaired) electrons. The molecule has 0 saturated heterocycles. The predicted octanol–water partition coefficient (Wildman–Crippen LogP) is 10.6. The zero-order chi connectivity index (χ0) is 29.1. The fourth-order valence-corrected chi connectivity index (χ4v) is 4.90. The number of hydrogen-bond donors (Lipinski definition) is 0. The smallest absolute Gasteiger partial charge is 0.347 e. The van der Waals surface area contributed by atoms with Crippen molar-refractivity contribution in [3.8, 4) is 28.4 Å². The van der Waals surface area contributed by atoms with Crippen molar-refractivity contribution in [1.29, 1.82) is 0 Å². The van der Waals surface area contributed by atoms with Crippen LogP contribution in [0.1, 0.15) is 114 Å². The predicted molar refractivity (Wildman–Crippen MR) is 170 cm³/mol. The molecule has 0 aliphatic carbocycles. The second kappa shape index (κ2) is 19.0. The normalized spacial score (nSPS) is 10.9. The summed E-state index contributed by atoms with van der Waals surface area (Å²) < 4.78 is 18.3. The highest BCUT2D eigenvalue weighted by Gasteiger charge is 2.19. The summed E-state index contributed by atoms with van der Waals surface area (Å²) in [5, 5.41) is 0. The molecule has 4 heteroatoms. The van der Waals surface area contributed by atoms with Crippen molar-refractivity contribution in [2.45, 2.75) is 104 Å². The molecule has 222 valence electrons. The van der Waals surface area contributed by atoms with Gasteiger partial charge in [0.2, 0.25) is 0 Å². The van der Waals surface area contributed by atoms with Gasteiger partial charge in [-0.15, -0.1) is 0 Å². The average Bonchev–Trinajstić information content (AvgIpc) is 3.00. The largest absolute Gasteiger partial charge is 0.493 e. The van der Waals surface area contributed by atoms with Gasteiger partial charge < -0.3 is 14.2 Å². The Labute approximate surface area is 248 Å². The molecule has 41 heavy (non-hydrogen) atoms. The van der Waals surface area contributed by atoms with Crippen LogP contribution in [0.3, 0.4) is 0 Å². The molecule has 0 atom stereocenters. The highest BCUT2D eigenvalue weighted by Crippen LogP contribution is 2.33. The van der Waals surface area contributed by atoms with Gasteiger partial charge in [0.15, 0.2) is 0 Å². The van der Waals surface area contributed by atoms with E-state index in [2.05, 4.69) is 26.8 Å². The lowest BCUT2D eigenvalue weighted by Gasteiger charge is -2.16. The molecule has 0 N–H and O–H groups in total. The van der Waals surface area contributed by atoms with Gasteiger partial charge in [0.1, 0.15) is 22.8 Å². The minimum atomic E-state index is -0.423. The van der Waals surface area contributed by atoms with Gasteiger partial charge in [-0.3, -0.25) is 0 Å². The third-order valence-corrected chi connectivity index (χ3v) is 7.44. The molecular formula is C37H50O4. The Bertz CT molecular complexity index is 1150. The lowest BCUT2D eigenvalue weighted by atomic mass is 10.0. The Hall–Kier alpha value is -3.27. The number of unbranched alkanes of at least 4 members (excludes halogenated alkanes) is 10. The zero-order valence-corrected chi connectivity index (χ0v) is 25.6. The van der Waals surface area contributed by atoms with Crippen LogP contribution < -0.4 is 14.2 Å². The second-order valence-electron chi connectivity index (χ2n) is 10.8. The first-order valence-corrected chi connectivity index (χ1v) is 16.0. The standard InChI is InChI=1S/C37H50O4/c1-4-7-9-11-12-13-14-19-26-39-32-23-25-34(35(29-32)40-27-18-10-8-5-2)37(38)41-36-28-30(6-3)22-24-33(36)31-20-16-15-17-21-31/h15-17,20-25,28-29H,4-14,18-19,26-27H2,1-3H3. The lowest BCUT2D eigenvalue weighted by molar-refractivity contribution is 0.0730. The van der Waals surface area contributed by atoms with Gasteiger partial charge >= 0.3 is 5.97 Å². The summed E-state index contributed by atoms with van der Waals surface area (Å²) in [6.07, 6.45) is 15.3. The van der Waals surface area contributed by atoms with E-state index in [0.29, 0.717) is 30.3 Å². The van der Waals surface area contributed by atoms with Gasteiger partial charge in [0.25, 0.3) is 0 Å². The fourth-order valence-electron chi connectivity index (χ4n) is 4.90. The SMILES string of the molecule is CCCCCCCCCCOc1ccc(C(=O)Oc2cc(CC)ccc2-c2ccccc2)c(OCCCCCC)c1. The summed E-state index contributed by atoms with van der Waals surface area (Å²) in [7, 11) is 0. The van der Waals surface area contributed by atoms with Crippen molar-refractivity contribution in [2.24, 2.45) is 0 Å². The molecule has 3 aromatic carbocycles. The van der Waals surface area contributed by atoms with Crippen LogP contribution in [0, 0.1) is 0 Å². The van der Waals surface area contributed by atoms with Gasteiger partial charge in [-0.05, 0) is 48.6 Å². The number of carbonyl (C=O) groups excluding carboxylic acids is 1. The van der Waals surface area contributed by atoms with E-state index in [4.69, 9.17) is 14.2 Å². The number of benzene rings is 3. The van der Waals surface area contributed by atoms with E-state index in [0.717, 1.165) is 48.1 Å². The number of aryl methyl sites for hydroxylation is 1. The molecule has 0 heterocycles. The first-order chi connectivity index (χ1) is 20.2. The second-order valence-corrected chi connectivity index (χ2v) is 10.8. The third-order valence-electron chi connectivity index (χ3n) is 7.44. The maximum absolute atomic E-state index is 13.5. The van der Waals surface area contributed by atoms with E-state index in [1.165, 1.54) is 57.8 Å². The molecule has 3 rings (SSSR count). The van der Waals surface area contributed by atoms with E-state index >= 15 is 0 Å². The van der Waals surface area contributed by atoms with Crippen LogP contribution in [0.15, 0.2) is 66.7 Å². The molecule has 0 saturated carbocycles. The van der Waals surface area contributed by atoms with E-state index < -0.39 is 5.97 Å². The van der Waals surface area contributed by atoms with Crippen LogP contribution in [0.25, 0.3) is 11.1 Å². The molecule has 0 aliphatic heterocycles. The van der Waals surface area contributed by atoms with Crippen molar-refractivity contribution in [2.75, 3.05) is 13.2 Å². The number of esters is 1. The third kappa shape index (κ3) is 11.3. The molecule has 0 fully saturated rings. The summed E-state index contributed by atoms with van der Waals surface area (Å²) >= 11 is 0. The van der Waals surface area contributed by atoms with Gasteiger partial charge in [-0.2, -0.15) is 0 Å². The molecule has 4 nitrogen and oxygen atoms in total. The summed E-state index contributed by atoms with van der Waals surface area (Å²) in [6, 6.07) is 21.6. The van der Waals surface area contributed by atoms with E-state index in [1.54, 1.807) is 6.07 Å².